The first-order valence-electron chi connectivity index (χ1n) is 11.3. The van der Waals surface area contributed by atoms with Crippen molar-refractivity contribution in [2.45, 2.75) is 64.1 Å². The minimum atomic E-state index is -0.574. The highest BCUT2D eigenvalue weighted by Gasteiger charge is 2.38. The van der Waals surface area contributed by atoms with Crippen LogP contribution in [0.3, 0.4) is 0 Å². The maximum atomic E-state index is 13.5. The van der Waals surface area contributed by atoms with E-state index in [4.69, 9.17) is 9.47 Å². The van der Waals surface area contributed by atoms with Gasteiger partial charge in [-0.3, -0.25) is 4.79 Å². The Morgan fingerprint density at radius 3 is 2.47 bits per heavy atom. The van der Waals surface area contributed by atoms with Gasteiger partial charge in [-0.2, -0.15) is 0 Å². The quantitative estimate of drug-likeness (QED) is 0.713. The Bertz CT molecular complexity index is 698. The largest absolute Gasteiger partial charge is 0.459 e. The van der Waals surface area contributed by atoms with Gasteiger partial charge in [0.25, 0.3) is 5.91 Å². The molecule has 2 aliphatic rings. The van der Waals surface area contributed by atoms with Gasteiger partial charge < -0.3 is 19.5 Å². The van der Waals surface area contributed by atoms with Crippen molar-refractivity contribution in [3.63, 3.8) is 0 Å². The molecule has 0 bridgehead atoms. The summed E-state index contributed by atoms with van der Waals surface area (Å²) in [6, 6.07) is 6.40. The first-order valence-corrected chi connectivity index (χ1v) is 11.3. The number of carbonyl (C=O) groups is 1. The molecule has 0 aliphatic carbocycles. The molecule has 0 spiro atoms. The fraction of sp³-hybridized carbons (Fsp3) is 0.625. The molecule has 2 heterocycles. The number of ether oxygens (including phenoxy) is 2. The molecule has 2 aliphatic heterocycles. The van der Waals surface area contributed by atoms with Crippen LogP contribution in [0, 0.1) is 11.7 Å². The van der Waals surface area contributed by atoms with Crippen molar-refractivity contribution in [1.29, 1.82) is 0 Å². The number of amides is 1. The van der Waals surface area contributed by atoms with Crippen LogP contribution in [-0.4, -0.2) is 48.5 Å². The molecule has 166 valence electrons. The minimum Gasteiger partial charge on any atom is -0.459 e. The second kappa shape index (κ2) is 11.5. The molecular formula is C24H34FNO4. The van der Waals surface area contributed by atoms with Crippen molar-refractivity contribution in [3.8, 4) is 0 Å². The lowest BCUT2D eigenvalue weighted by Crippen LogP contribution is -2.41. The molecule has 1 fully saturated rings. The van der Waals surface area contributed by atoms with Crippen LogP contribution in [0.2, 0.25) is 0 Å². The van der Waals surface area contributed by atoms with Gasteiger partial charge in [0.15, 0.2) is 5.76 Å². The number of hydrogen-bond donors (Lipinski definition) is 1. The molecule has 1 saturated heterocycles. The van der Waals surface area contributed by atoms with Gasteiger partial charge in [0.1, 0.15) is 5.82 Å². The molecule has 0 saturated carbocycles. The molecule has 0 unspecified atom stereocenters. The number of halogens is 1. The Morgan fingerprint density at radius 2 is 1.83 bits per heavy atom. The number of hydrogen-bond acceptors (Lipinski definition) is 4. The molecule has 6 heteroatoms. The van der Waals surface area contributed by atoms with Gasteiger partial charge in [0.05, 0.1) is 0 Å². The fourth-order valence-electron chi connectivity index (χ4n) is 4.43. The third kappa shape index (κ3) is 5.82. The van der Waals surface area contributed by atoms with Crippen LogP contribution in [0.4, 0.5) is 4.39 Å². The van der Waals surface area contributed by atoms with Gasteiger partial charge in [-0.05, 0) is 56.4 Å². The first kappa shape index (κ1) is 22.8. The highest BCUT2D eigenvalue weighted by molar-refractivity contribution is 5.91. The van der Waals surface area contributed by atoms with E-state index in [1.54, 1.807) is 12.1 Å². The van der Waals surface area contributed by atoms with Crippen molar-refractivity contribution >= 4 is 5.91 Å². The van der Waals surface area contributed by atoms with Crippen molar-refractivity contribution in [2.75, 3.05) is 26.3 Å². The van der Waals surface area contributed by atoms with Crippen molar-refractivity contribution in [2.24, 2.45) is 5.92 Å². The molecule has 1 aromatic rings. The van der Waals surface area contributed by atoms with E-state index in [2.05, 4.69) is 0 Å². The molecule has 3 atom stereocenters. The maximum Gasteiger partial charge on any atom is 0.288 e. The summed E-state index contributed by atoms with van der Waals surface area (Å²) in [6.07, 6.45) is 8.14. The van der Waals surface area contributed by atoms with Crippen LogP contribution in [0.5, 0.6) is 0 Å². The van der Waals surface area contributed by atoms with Crippen LogP contribution in [0.1, 0.15) is 63.4 Å². The Labute approximate surface area is 178 Å². The third-order valence-corrected chi connectivity index (χ3v) is 6.02. The number of aliphatic hydroxyl groups excluding tert-OH is 1. The molecule has 1 N–H and O–H groups in total. The Morgan fingerprint density at radius 1 is 1.17 bits per heavy atom. The van der Waals surface area contributed by atoms with E-state index in [1.807, 2.05) is 17.9 Å². The summed E-state index contributed by atoms with van der Waals surface area (Å²) >= 11 is 0. The predicted octanol–water partition coefficient (Wildman–Crippen LogP) is 4.37. The van der Waals surface area contributed by atoms with Gasteiger partial charge in [-0.25, -0.2) is 4.39 Å². The topological polar surface area (TPSA) is 59.0 Å². The number of likely N-dealkylation sites (tertiary alicyclic amines) is 1. The van der Waals surface area contributed by atoms with Crippen LogP contribution < -0.4 is 0 Å². The molecular weight excluding hydrogens is 385 g/mol. The number of aliphatic hydroxyl groups is 1. The van der Waals surface area contributed by atoms with E-state index in [0.717, 1.165) is 44.3 Å². The first-order chi connectivity index (χ1) is 14.6. The van der Waals surface area contributed by atoms with E-state index >= 15 is 0 Å². The lowest BCUT2D eigenvalue weighted by atomic mass is 9.80. The second-order valence-electron chi connectivity index (χ2n) is 8.14. The molecule has 30 heavy (non-hydrogen) atoms. The van der Waals surface area contributed by atoms with Gasteiger partial charge in [0.2, 0.25) is 6.29 Å². The third-order valence-electron chi connectivity index (χ3n) is 6.02. The Hall–Kier alpha value is -1.92. The number of rotatable bonds is 7. The normalized spacial score (nSPS) is 25.1. The smallest absolute Gasteiger partial charge is 0.288 e. The van der Waals surface area contributed by atoms with E-state index < -0.39 is 6.29 Å². The van der Waals surface area contributed by atoms with Gasteiger partial charge in [-0.1, -0.05) is 31.4 Å². The Kier molecular flexibility index (Phi) is 8.70. The summed E-state index contributed by atoms with van der Waals surface area (Å²) < 4.78 is 25.5. The van der Waals surface area contributed by atoms with Gasteiger partial charge >= 0.3 is 0 Å². The summed E-state index contributed by atoms with van der Waals surface area (Å²) in [4.78, 5) is 15.2. The van der Waals surface area contributed by atoms with Crippen molar-refractivity contribution in [1.82, 2.24) is 4.90 Å². The Balaban J connectivity index is 1.90. The van der Waals surface area contributed by atoms with Crippen LogP contribution in [0.15, 0.2) is 36.1 Å². The molecule has 1 amide bonds. The summed E-state index contributed by atoms with van der Waals surface area (Å²) in [5.41, 5.74) is 0.922. The van der Waals surface area contributed by atoms with Crippen molar-refractivity contribution < 1.29 is 23.8 Å². The van der Waals surface area contributed by atoms with Crippen molar-refractivity contribution in [3.05, 3.63) is 47.5 Å². The molecule has 5 nitrogen and oxygen atoms in total. The number of allylic oxidation sites excluding steroid dienone is 1. The molecule has 1 aromatic carbocycles. The fourth-order valence-corrected chi connectivity index (χ4v) is 4.43. The summed E-state index contributed by atoms with van der Waals surface area (Å²) in [5, 5.41) is 9.36. The van der Waals surface area contributed by atoms with Crippen LogP contribution in [0.25, 0.3) is 0 Å². The lowest BCUT2D eigenvalue weighted by Gasteiger charge is -2.38. The van der Waals surface area contributed by atoms with Crippen LogP contribution in [-0.2, 0) is 14.3 Å². The second-order valence-corrected chi connectivity index (χ2v) is 8.14. The number of nitrogens with zero attached hydrogens (tertiary/aromatic N) is 1. The minimum absolute atomic E-state index is 0.0635. The zero-order valence-electron chi connectivity index (χ0n) is 17.9. The number of benzene rings is 1. The van der Waals surface area contributed by atoms with E-state index in [-0.39, 0.29) is 30.2 Å². The standard InChI is InChI=1S/C24H34FNO4/c1-2-29-24-20(9-8-16-27)21(18-10-12-19(25)13-11-18)17-22(30-24)23(28)26-14-6-4-3-5-7-15-26/h10-13,17,20-21,24,27H,2-9,14-16H2,1H3/t20-,21-,24-/m1/s1. The van der Waals surface area contributed by atoms with E-state index in [9.17, 15) is 14.3 Å². The van der Waals surface area contributed by atoms with E-state index in [0.29, 0.717) is 25.2 Å². The molecule has 0 radical (unpaired) electrons. The predicted molar refractivity (Wildman–Crippen MR) is 113 cm³/mol. The summed E-state index contributed by atoms with van der Waals surface area (Å²) in [5.74, 6) is -0.263. The molecule has 3 rings (SSSR count). The van der Waals surface area contributed by atoms with Gasteiger partial charge in [0, 0.05) is 38.1 Å². The maximum absolute atomic E-state index is 13.5. The highest BCUT2D eigenvalue weighted by Crippen LogP contribution is 2.39. The number of carbonyl (C=O) groups excluding carboxylic acids is 1. The zero-order chi connectivity index (χ0) is 21.3. The average Bonchev–Trinajstić information content (AvgIpc) is 2.72. The SMILES string of the molecule is CCO[C@@H]1OC(C(=O)N2CCCCCCC2)=C[C@H](c2ccc(F)cc2)[C@H]1CCCO. The zero-order valence-corrected chi connectivity index (χ0v) is 17.9. The summed E-state index contributed by atoms with van der Waals surface area (Å²) in [7, 11) is 0. The summed E-state index contributed by atoms with van der Waals surface area (Å²) in [6.45, 7) is 3.93. The monoisotopic (exact) mass is 419 g/mol. The van der Waals surface area contributed by atoms with E-state index in [1.165, 1.54) is 18.6 Å². The van der Waals surface area contributed by atoms with Gasteiger partial charge in [-0.15, -0.1) is 0 Å². The lowest BCUT2D eigenvalue weighted by molar-refractivity contribution is -0.170. The molecule has 0 aromatic heterocycles. The average molecular weight is 420 g/mol. The van der Waals surface area contributed by atoms with Crippen LogP contribution >= 0.6 is 0 Å². The highest BCUT2D eigenvalue weighted by atomic mass is 19.1.